The molecule has 1 aromatic carbocycles. The highest BCUT2D eigenvalue weighted by Crippen LogP contribution is 2.28. The van der Waals surface area contributed by atoms with Crippen molar-refractivity contribution in [2.45, 2.75) is 23.8 Å². The summed E-state index contributed by atoms with van der Waals surface area (Å²) >= 11 is 13.3. The number of likely N-dealkylation sites (tertiary alicyclic amines) is 1. The van der Waals surface area contributed by atoms with Gasteiger partial charge in [0, 0.05) is 11.4 Å². The molecule has 2 aromatic heterocycles. The maximum Gasteiger partial charge on any atom is 0.291 e. The van der Waals surface area contributed by atoms with E-state index in [0.29, 0.717) is 12.2 Å². The van der Waals surface area contributed by atoms with Gasteiger partial charge in [0.25, 0.3) is 5.56 Å². The van der Waals surface area contributed by atoms with Crippen molar-refractivity contribution in [3.05, 3.63) is 73.3 Å². The molecule has 1 N–H and O–H groups in total. The van der Waals surface area contributed by atoms with Gasteiger partial charge >= 0.3 is 0 Å². The molecule has 1 aliphatic heterocycles. The molecule has 0 saturated carbocycles. The Bertz CT molecular complexity index is 1210. The van der Waals surface area contributed by atoms with Gasteiger partial charge in [-0.2, -0.15) is 9.78 Å². The molecular weight excluding hydrogens is 479 g/mol. The van der Waals surface area contributed by atoms with Crippen LogP contribution in [0.1, 0.15) is 23.8 Å². The molecule has 1 aliphatic rings. The zero-order valence-electron chi connectivity index (χ0n) is 16.4. The van der Waals surface area contributed by atoms with E-state index in [1.165, 1.54) is 30.5 Å². The number of thiophene rings is 1. The minimum Gasteiger partial charge on any atom is -0.294 e. The lowest BCUT2D eigenvalue weighted by Gasteiger charge is -2.26. The molecule has 31 heavy (non-hydrogen) atoms. The van der Waals surface area contributed by atoms with Gasteiger partial charge in [-0.05, 0) is 61.6 Å². The Labute approximate surface area is 194 Å². The summed E-state index contributed by atoms with van der Waals surface area (Å²) in [5.74, 6) is 0. The third-order valence-corrected chi connectivity index (χ3v) is 8.35. The van der Waals surface area contributed by atoms with Gasteiger partial charge < -0.3 is 0 Å². The lowest BCUT2D eigenvalue weighted by atomic mass is 10.2. The zero-order chi connectivity index (χ0) is 22.0. The lowest BCUT2D eigenvalue weighted by Crippen LogP contribution is -2.36. The molecule has 4 rings (SSSR count). The fourth-order valence-electron chi connectivity index (χ4n) is 3.58. The van der Waals surface area contributed by atoms with Crippen molar-refractivity contribution in [3.63, 3.8) is 0 Å². The average molecular weight is 499 g/mol. The fraction of sp³-hybridized carbons (Fsp3) is 0.300. The smallest absolute Gasteiger partial charge is 0.291 e. The van der Waals surface area contributed by atoms with Gasteiger partial charge in [-0.3, -0.25) is 9.69 Å². The molecule has 1 saturated heterocycles. The number of rotatable bonds is 7. The van der Waals surface area contributed by atoms with Crippen LogP contribution in [0.5, 0.6) is 0 Å². The molecular formula is C20H20Cl2N4O3S2. The lowest BCUT2D eigenvalue weighted by molar-refractivity contribution is 0.250. The summed E-state index contributed by atoms with van der Waals surface area (Å²) in [6.07, 6.45) is 3.51. The third-order valence-electron chi connectivity index (χ3n) is 5.19. The Kier molecular flexibility index (Phi) is 6.80. The highest BCUT2D eigenvalue weighted by Gasteiger charge is 2.26. The van der Waals surface area contributed by atoms with E-state index in [0.717, 1.165) is 35.5 Å². The summed E-state index contributed by atoms with van der Waals surface area (Å²) in [5.41, 5.74) is -0.191. The van der Waals surface area contributed by atoms with Gasteiger partial charge in [-0.15, -0.1) is 11.3 Å². The van der Waals surface area contributed by atoms with Crippen LogP contribution in [-0.2, 0) is 10.0 Å². The number of aromatic nitrogens is 2. The second-order valence-electron chi connectivity index (χ2n) is 7.14. The summed E-state index contributed by atoms with van der Waals surface area (Å²) in [6.45, 7) is 2.22. The van der Waals surface area contributed by atoms with E-state index in [9.17, 15) is 13.2 Å². The van der Waals surface area contributed by atoms with Gasteiger partial charge in [0.2, 0.25) is 10.0 Å². The zero-order valence-corrected chi connectivity index (χ0v) is 19.5. The first-order valence-corrected chi connectivity index (χ1v) is 12.8. The SMILES string of the molecule is O=c1c(Cl)c(Cl)cnn1-c1ccc(S(=O)(=O)NCC(c2cccs2)N2CCCC2)cc1. The number of nitrogens with one attached hydrogen (secondary N) is 1. The predicted octanol–water partition coefficient (Wildman–Crippen LogP) is 3.72. The maximum atomic E-state index is 12.9. The highest BCUT2D eigenvalue weighted by molar-refractivity contribution is 7.89. The molecule has 0 bridgehead atoms. The van der Waals surface area contributed by atoms with Crippen molar-refractivity contribution in [1.29, 1.82) is 0 Å². The Morgan fingerprint density at radius 2 is 1.84 bits per heavy atom. The Balaban J connectivity index is 1.52. The molecule has 1 fully saturated rings. The number of sulfonamides is 1. The van der Waals surface area contributed by atoms with Crippen LogP contribution < -0.4 is 10.3 Å². The van der Waals surface area contributed by atoms with Gasteiger partial charge in [-0.25, -0.2) is 13.1 Å². The van der Waals surface area contributed by atoms with Gasteiger partial charge in [0.1, 0.15) is 5.02 Å². The molecule has 7 nitrogen and oxygen atoms in total. The molecule has 0 radical (unpaired) electrons. The normalized spacial score (nSPS) is 15.9. The van der Waals surface area contributed by atoms with Crippen LogP contribution in [0.15, 0.2) is 57.7 Å². The van der Waals surface area contributed by atoms with E-state index in [1.54, 1.807) is 11.3 Å². The monoisotopic (exact) mass is 498 g/mol. The molecule has 3 aromatic rings. The topological polar surface area (TPSA) is 84.3 Å². The number of hydrogen-bond donors (Lipinski definition) is 1. The standard InChI is InChI=1S/C20H20Cl2N4O3S2/c21-16-12-23-26(20(27)19(16)22)14-5-7-15(8-6-14)31(28,29)24-13-17(18-4-3-11-30-18)25-9-1-2-10-25/h3-8,11-12,17,24H,1-2,9-10,13H2. The second kappa shape index (κ2) is 9.40. The third kappa shape index (κ3) is 4.87. The Morgan fingerprint density at radius 1 is 1.13 bits per heavy atom. The van der Waals surface area contributed by atoms with Crippen molar-refractivity contribution in [2.24, 2.45) is 0 Å². The predicted molar refractivity (Wildman–Crippen MR) is 123 cm³/mol. The van der Waals surface area contributed by atoms with E-state index in [-0.39, 0.29) is 21.0 Å². The van der Waals surface area contributed by atoms with E-state index in [2.05, 4.69) is 14.7 Å². The minimum absolute atomic E-state index is 0.00975. The number of halogens is 2. The number of hydrogen-bond acceptors (Lipinski definition) is 6. The van der Waals surface area contributed by atoms with Crippen molar-refractivity contribution >= 4 is 44.6 Å². The summed E-state index contributed by atoms with van der Waals surface area (Å²) in [5, 5.41) is 5.87. The van der Waals surface area contributed by atoms with Crippen molar-refractivity contribution < 1.29 is 8.42 Å². The summed E-state index contributed by atoms with van der Waals surface area (Å²) in [6, 6.07) is 9.91. The molecule has 1 unspecified atom stereocenters. The average Bonchev–Trinajstić information content (AvgIpc) is 3.47. The van der Waals surface area contributed by atoms with Gasteiger partial charge in [0.05, 0.1) is 27.8 Å². The van der Waals surface area contributed by atoms with Crippen LogP contribution in [0.4, 0.5) is 0 Å². The van der Waals surface area contributed by atoms with Gasteiger partial charge in [-0.1, -0.05) is 29.3 Å². The summed E-state index contributed by atoms with van der Waals surface area (Å²) < 4.78 is 29.6. The first kappa shape index (κ1) is 22.4. The van der Waals surface area contributed by atoms with Crippen molar-refractivity contribution in [1.82, 2.24) is 19.4 Å². The molecule has 0 amide bonds. The Hall–Kier alpha value is -1.75. The van der Waals surface area contributed by atoms with Crippen LogP contribution in [0.25, 0.3) is 5.69 Å². The van der Waals surface area contributed by atoms with E-state index in [4.69, 9.17) is 23.2 Å². The quantitative estimate of drug-likeness (QED) is 0.536. The molecule has 1 atom stereocenters. The molecule has 0 aliphatic carbocycles. The summed E-state index contributed by atoms with van der Waals surface area (Å²) in [4.78, 5) is 15.8. The van der Waals surface area contributed by atoms with E-state index < -0.39 is 15.6 Å². The van der Waals surface area contributed by atoms with Crippen LogP contribution in [0.3, 0.4) is 0 Å². The minimum atomic E-state index is -3.73. The highest BCUT2D eigenvalue weighted by atomic mass is 35.5. The number of benzene rings is 1. The fourth-order valence-corrected chi connectivity index (χ4v) is 5.73. The van der Waals surface area contributed by atoms with Crippen LogP contribution in [0, 0.1) is 0 Å². The van der Waals surface area contributed by atoms with E-state index in [1.807, 2.05) is 17.5 Å². The molecule has 3 heterocycles. The van der Waals surface area contributed by atoms with Gasteiger partial charge in [0.15, 0.2) is 0 Å². The first-order chi connectivity index (χ1) is 14.9. The number of nitrogens with zero attached hydrogens (tertiary/aromatic N) is 3. The molecule has 164 valence electrons. The van der Waals surface area contributed by atoms with Crippen LogP contribution in [-0.4, -0.2) is 42.7 Å². The van der Waals surface area contributed by atoms with Crippen LogP contribution in [0.2, 0.25) is 10.0 Å². The van der Waals surface area contributed by atoms with Crippen molar-refractivity contribution in [3.8, 4) is 5.69 Å². The van der Waals surface area contributed by atoms with E-state index >= 15 is 0 Å². The Morgan fingerprint density at radius 3 is 2.48 bits per heavy atom. The van der Waals surface area contributed by atoms with Crippen molar-refractivity contribution in [2.75, 3.05) is 19.6 Å². The summed E-state index contributed by atoms with van der Waals surface area (Å²) in [7, 11) is -3.73. The van der Waals surface area contributed by atoms with Crippen LogP contribution >= 0.6 is 34.5 Å². The largest absolute Gasteiger partial charge is 0.294 e. The second-order valence-corrected chi connectivity index (χ2v) is 10.7. The maximum absolute atomic E-state index is 12.9. The molecule has 11 heteroatoms. The molecule has 0 spiro atoms. The first-order valence-electron chi connectivity index (χ1n) is 9.68.